The zero-order chi connectivity index (χ0) is 12.5. The Hall–Kier alpha value is -1.43. The van der Waals surface area contributed by atoms with Gasteiger partial charge in [0, 0.05) is 5.38 Å². The van der Waals surface area contributed by atoms with Crippen molar-refractivity contribution in [1.82, 2.24) is 10.3 Å². The molecule has 0 aliphatic heterocycles. The summed E-state index contributed by atoms with van der Waals surface area (Å²) in [5.41, 5.74) is -0.783. The number of amides is 1. The van der Waals surface area contributed by atoms with Crippen molar-refractivity contribution in [2.75, 3.05) is 0 Å². The minimum Gasteiger partial charge on any atom is -0.480 e. The number of carboxylic acid groups (broad SMARTS) is 1. The van der Waals surface area contributed by atoms with Gasteiger partial charge in [-0.1, -0.05) is 12.8 Å². The van der Waals surface area contributed by atoms with Gasteiger partial charge in [-0.3, -0.25) is 4.79 Å². The van der Waals surface area contributed by atoms with Crippen LogP contribution in [0.3, 0.4) is 0 Å². The number of nitrogens with zero attached hydrogens (tertiary/aromatic N) is 1. The van der Waals surface area contributed by atoms with Gasteiger partial charge >= 0.3 is 5.97 Å². The van der Waals surface area contributed by atoms with Gasteiger partial charge < -0.3 is 10.4 Å². The number of carbonyl (C=O) groups excluding carboxylic acids is 1. The first-order valence-corrected chi connectivity index (χ1v) is 6.39. The molecule has 1 aromatic heterocycles. The second kappa shape index (κ2) is 4.44. The third-order valence-electron chi connectivity index (χ3n) is 3.07. The van der Waals surface area contributed by atoms with Crippen LogP contribution in [0.15, 0.2) is 5.38 Å². The molecule has 1 aliphatic carbocycles. The van der Waals surface area contributed by atoms with Crippen LogP contribution < -0.4 is 5.32 Å². The number of hydrogen-bond donors (Lipinski definition) is 2. The fourth-order valence-electron chi connectivity index (χ4n) is 2.12. The third kappa shape index (κ3) is 2.31. The third-order valence-corrected chi connectivity index (χ3v) is 3.84. The number of nitrogens with one attached hydrogen (secondary N) is 1. The summed E-state index contributed by atoms with van der Waals surface area (Å²) in [5.74, 6) is -1.34. The largest absolute Gasteiger partial charge is 0.480 e. The highest BCUT2D eigenvalue weighted by Crippen LogP contribution is 2.30. The van der Waals surface area contributed by atoms with Crippen LogP contribution >= 0.6 is 11.3 Å². The molecule has 0 aromatic carbocycles. The van der Waals surface area contributed by atoms with E-state index in [1.165, 1.54) is 11.3 Å². The molecule has 1 fully saturated rings. The highest BCUT2D eigenvalue weighted by molar-refractivity contribution is 7.09. The van der Waals surface area contributed by atoms with E-state index in [0.29, 0.717) is 18.5 Å². The van der Waals surface area contributed by atoms with Gasteiger partial charge in [-0.15, -0.1) is 11.3 Å². The smallest absolute Gasteiger partial charge is 0.329 e. The van der Waals surface area contributed by atoms with E-state index in [4.69, 9.17) is 0 Å². The van der Waals surface area contributed by atoms with E-state index in [2.05, 4.69) is 10.3 Å². The second-order valence-corrected chi connectivity index (χ2v) is 5.36. The molecule has 0 atom stereocenters. The Morgan fingerprint density at radius 3 is 2.59 bits per heavy atom. The first kappa shape index (κ1) is 12.0. The molecular weight excluding hydrogens is 240 g/mol. The molecular formula is C11H14N2O3S. The molecule has 1 heterocycles. The molecule has 0 saturated heterocycles. The summed E-state index contributed by atoms with van der Waals surface area (Å²) in [6.07, 6.45) is 2.67. The van der Waals surface area contributed by atoms with E-state index in [0.717, 1.165) is 17.8 Å². The Kier molecular flexibility index (Phi) is 3.15. The first-order chi connectivity index (χ1) is 8.03. The fourth-order valence-corrected chi connectivity index (χ4v) is 2.71. The van der Waals surface area contributed by atoms with Crippen molar-refractivity contribution >= 4 is 23.2 Å². The summed E-state index contributed by atoms with van der Waals surface area (Å²) in [6, 6.07) is 0. The lowest BCUT2D eigenvalue weighted by atomic mass is 9.98. The van der Waals surface area contributed by atoms with Crippen LogP contribution in [0.1, 0.15) is 41.2 Å². The van der Waals surface area contributed by atoms with E-state index < -0.39 is 17.4 Å². The van der Waals surface area contributed by atoms with Crippen LogP contribution in [-0.4, -0.2) is 27.5 Å². The summed E-state index contributed by atoms with van der Waals surface area (Å²) in [7, 11) is 0. The van der Waals surface area contributed by atoms with Crippen molar-refractivity contribution in [3.63, 3.8) is 0 Å². The lowest BCUT2D eigenvalue weighted by Crippen LogP contribution is -2.52. The normalized spacial score (nSPS) is 17.9. The Balaban J connectivity index is 2.14. The minimum absolute atomic E-state index is 0.306. The quantitative estimate of drug-likeness (QED) is 0.858. The molecule has 2 rings (SSSR count). The Labute approximate surface area is 103 Å². The van der Waals surface area contributed by atoms with Gasteiger partial charge in [-0.05, 0) is 19.8 Å². The Bertz CT molecular complexity index is 449. The van der Waals surface area contributed by atoms with Gasteiger partial charge in [-0.25, -0.2) is 9.78 Å². The minimum atomic E-state index is -1.09. The number of rotatable bonds is 3. The standard InChI is InChI=1S/C11H14N2O3S/c1-7-12-8(6-17-7)9(14)13-11(10(15)16)4-2-3-5-11/h6H,2-5H2,1H3,(H,13,14)(H,15,16). The summed E-state index contributed by atoms with van der Waals surface area (Å²) < 4.78 is 0. The van der Waals surface area contributed by atoms with E-state index in [9.17, 15) is 14.7 Å². The zero-order valence-electron chi connectivity index (χ0n) is 9.52. The average molecular weight is 254 g/mol. The van der Waals surface area contributed by atoms with Crippen molar-refractivity contribution in [3.8, 4) is 0 Å². The molecule has 0 bridgehead atoms. The molecule has 0 spiro atoms. The van der Waals surface area contributed by atoms with Crippen molar-refractivity contribution < 1.29 is 14.7 Å². The molecule has 5 nitrogen and oxygen atoms in total. The summed E-state index contributed by atoms with van der Waals surface area (Å²) in [6.45, 7) is 1.81. The summed E-state index contributed by atoms with van der Waals surface area (Å²) >= 11 is 1.38. The summed E-state index contributed by atoms with van der Waals surface area (Å²) in [5, 5.41) is 14.3. The number of aryl methyl sites for hydroxylation is 1. The molecule has 1 aromatic rings. The maximum atomic E-state index is 11.9. The fraction of sp³-hybridized carbons (Fsp3) is 0.545. The van der Waals surface area contributed by atoms with Gasteiger partial charge in [0.1, 0.15) is 11.2 Å². The SMILES string of the molecule is Cc1nc(C(=O)NC2(C(=O)O)CCCC2)cs1. The number of thiazole rings is 1. The average Bonchev–Trinajstić information content (AvgIpc) is 2.87. The molecule has 2 N–H and O–H groups in total. The van der Waals surface area contributed by atoms with Crippen LogP contribution in [0.25, 0.3) is 0 Å². The first-order valence-electron chi connectivity index (χ1n) is 5.51. The Morgan fingerprint density at radius 2 is 2.12 bits per heavy atom. The molecule has 0 radical (unpaired) electrons. The van der Waals surface area contributed by atoms with Crippen LogP contribution in [0.2, 0.25) is 0 Å². The molecule has 0 unspecified atom stereocenters. The van der Waals surface area contributed by atoms with Crippen molar-refractivity contribution in [1.29, 1.82) is 0 Å². The van der Waals surface area contributed by atoms with Crippen molar-refractivity contribution in [2.45, 2.75) is 38.1 Å². The number of hydrogen-bond acceptors (Lipinski definition) is 4. The van der Waals surface area contributed by atoms with Gasteiger partial charge in [0.25, 0.3) is 5.91 Å². The van der Waals surface area contributed by atoms with Gasteiger partial charge in [0.15, 0.2) is 0 Å². The molecule has 1 saturated carbocycles. The highest BCUT2D eigenvalue weighted by atomic mass is 32.1. The predicted octanol–water partition coefficient (Wildman–Crippen LogP) is 1.58. The van der Waals surface area contributed by atoms with E-state index in [-0.39, 0.29) is 0 Å². The Morgan fingerprint density at radius 1 is 1.47 bits per heavy atom. The number of carboxylic acids is 1. The van der Waals surface area contributed by atoms with E-state index in [1.807, 2.05) is 6.92 Å². The molecule has 1 amide bonds. The molecule has 6 heteroatoms. The van der Waals surface area contributed by atoms with Crippen molar-refractivity contribution in [3.05, 3.63) is 16.1 Å². The van der Waals surface area contributed by atoms with Gasteiger partial charge in [0.2, 0.25) is 0 Å². The van der Waals surface area contributed by atoms with Crippen LogP contribution in [0.4, 0.5) is 0 Å². The van der Waals surface area contributed by atoms with E-state index >= 15 is 0 Å². The maximum Gasteiger partial charge on any atom is 0.329 e. The predicted molar refractivity (Wildman–Crippen MR) is 63.2 cm³/mol. The second-order valence-electron chi connectivity index (χ2n) is 4.30. The highest BCUT2D eigenvalue weighted by Gasteiger charge is 2.42. The van der Waals surface area contributed by atoms with Crippen molar-refractivity contribution in [2.24, 2.45) is 0 Å². The number of carbonyl (C=O) groups is 2. The topological polar surface area (TPSA) is 79.3 Å². The number of aromatic nitrogens is 1. The maximum absolute atomic E-state index is 11.9. The van der Waals surface area contributed by atoms with Crippen LogP contribution in [0, 0.1) is 6.92 Å². The number of aliphatic carboxylic acids is 1. The van der Waals surface area contributed by atoms with Gasteiger partial charge in [-0.2, -0.15) is 0 Å². The zero-order valence-corrected chi connectivity index (χ0v) is 10.3. The van der Waals surface area contributed by atoms with Crippen LogP contribution in [-0.2, 0) is 4.79 Å². The van der Waals surface area contributed by atoms with Gasteiger partial charge in [0.05, 0.1) is 5.01 Å². The molecule has 17 heavy (non-hydrogen) atoms. The monoisotopic (exact) mass is 254 g/mol. The van der Waals surface area contributed by atoms with E-state index in [1.54, 1.807) is 5.38 Å². The lowest BCUT2D eigenvalue weighted by Gasteiger charge is -2.24. The summed E-state index contributed by atoms with van der Waals surface area (Å²) in [4.78, 5) is 27.2. The molecule has 1 aliphatic rings. The lowest BCUT2D eigenvalue weighted by molar-refractivity contribution is -0.144. The molecule has 92 valence electrons. The van der Waals surface area contributed by atoms with Crippen LogP contribution in [0.5, 0.6) is 0 Å².